The van der Waals surface area contributed by atoms with E-state index in [2.05, 4.69) is 0 Å². The zero-order valence-electron chi connectivity index (χ0n) is 13.8. The van der Waals surface area contributed by atoms with Crippen LogP contribution in [-0.2, 0) is 11.3 Å². The standard InChI is InChI=1S/C20H18ClNO2S/c1-15-8-10-16(11-9-15)22(13-17-5-4-12-25-17)20(23)14-24-19-7-3-2-6-18(19)21/h2-12H,13-14H2,1H3. The van der Waals surface area contributed by atoms with Crippen molar-refractivity contribution in [3.8, 4) is 5.75 Å². The van der Waals surface area contributed by atoms with Crippen molar-refractivity contribution in [2.24, 2.45) is 0 Å². The van der Waals surface area contributed by atoms with Crippen molar-refractivity contribution in [1.82, 2.24) is 0 Å². The Labute approximate surface area is 156 Å². The minimum atomic E-state index is -0.114. The van der Waals surface area contributed by atoms with Gasteiger partial charge in [-0.2, -0.15) is 0 Å². The fourth-order valence-corrected chi connectivity index (χ4v) is 3.27. The Morgan fingerprint density at radius 2 is 1.84 bits per heavy atom. The highest BCUT2D eigenvalue weighted by Crippen LogP contribution is 2.24. The van der Waals surface area contributed by atoms with E-state index >= 15 is 0 Å². The largest absolute Gasteiger partial charge is 0.482 e. The van der Waals surface area contributed by atoms with Gasteiger partial charge in [-0.25, -0.2) is 0 Å². The Morgan fingerprint density at radius 3 is 2.52 bits per heavy atom. The number of amides is 1. The molecule has 0 aliphatic carbocycles. The molecule has 2 aromatic carbocycles. The van der Waals surface area contributed by atoms with Gasteiger partial charge in [0.05, 0.1) is 11.6 Å². The zero-order valence-corrected chi connectivity index (χ0v) is 15.4. The topological polar surface area (TPSA) is 29.5 Å². The fraction of sp³-hybridized carbons (Fsp3) is 0.150. The minimum Gasteiger partial charge on any atom is -0.482 e. The van der Waals surface area contributed by atoms with Crippen LogP contribution in [0.2, 0.25) is 5.02 Å². The number of para-hydroxylation sites is 1. The number of carbonyl (C=O) groups is 1. The van der Waals surface area contributed by atoms with Crippen LogP contribution in [0, 0.1) is 6.92 Å². The van der Waals surface area contributed by atoms with Crippen LogP contribution in [0.3, 0.4) is 0 Å². The number of aryl methyl sites for hydroxylation is 1. The molecule has 1 heterocycles. The highest BCUT2D eigenvalue weighted by atomic mass is 35.5. The van der Waals surface area contributed by atoms with Crippen LogP contribution >= 0.6 is 22.9 Å². The molecule has 0 unspecified atom stereocenters. The van der Waals surface area contributed by atoms with Crippen molar-refractivity contribution < 1.29 is 9.53 Å². The summed E-state index contributed by atoms with van der Waals surface area (Å²) in [4.78, 5) is 15.7. The van der Waals surface area contributed by atoms with Crippen LogP contribution in [0.5, 0.6) is 5.75 Å². The van der Waals surface area contributed by atoms with Crippen LogP contribution < -0.4 is 9.64 Å². The van der Waals surface area contributed by atoms with Gasteiger partial charge in [-0.15, -0.1) is 11.3 Å². The molecular formula is C20H18ClNO2S. The maximum atomic E-state index is 12.8. The van der Waals surface area contributed by atoms with Crippen molar-refractivity contribution >= 4 is 34.5 Å². The number of rotatable bonds is 6. The summed E-state index contributed by atoms with van der Waals surface area (Å²) >= 11 is 7.72. The Bertz CT molecular complexity index is 831. The molecule has 0 N–H and O–H groups in total. The van der Waals surface area contributed by atoms with E-state index in [4.69, 9.17) is 16.3 Å². The van der Waals surface area contributed by atoms with Crippen LogP contribution in [-0.4, -0.2) is 12.5 Å². The highest BCUT2D eigenvalue weighted by molar-refractivity contribution is 7.09. The summed E-state index contributed by atoms with van der Waals surface area (Å²) in [6.07, 6.45) is 0. The van der Waals surface area contributed by atoms with Gasteiger partial charge >= 0.3 is 0 Å². The van der Waals surface area contributed by atoms with E-state index in [1.165, 1.54) is 0 Å². The van der Waals surface area contributed by atoms with Crippen molar-refractivity contribution in [2.45, 2.75) is 13.5 Å². The molecule has 0 radical (unpaired) electrons. The average molecular weight is 372 g/mol. The summed E-state index contributed by atoms with van der Waals surface area (Å²) in [6.45, 7) is 2.48. The number of halogens is 1. The lowest BCUT2D eigenvalue weighted by Gasteiger charge is -2.23. The number of benzene rings is 2. The zero-order chi connectivity index (χ0) is 17.6. The maximum Gasteiger partial charge on any atom is 0.265 e. The summed E-state index contributed by atoms with van der Waals surface area (Å²) in [6, 6.07) is 19.1. The highest BCUT2D eigenvalue weighted by Gasteiger charge is 2.18. The van der Waals surface area contributed by atoms with Gasteiger partial charge < -0.3 is 9.64 Å². The van der Waals surface area contributed by atoms with Gasteiger partial charge in [0.2, 0.25) is 0 Å². The monoisotopic (exact) mass is 371 g/mol. The van der Waals surface area contributed by atoms with Gasteiger partial charge in [0.25, 0.3) is 5.91 Å². The lowest BCUT2D eigenvalue weighted by Crippen LogP contribution is -2.34. The lowest BCUT2D eigenvalue weighted by atomic mass is 10.2. The van der Waals surface area contributed by atoms with E-state index in [-0.39, 0.29) is 12.5 Å². The Balaban J connectivity index is 1.77. The second-order valence-corrected chi connectivity index (χ2v) is 7.05. The number of hydrogen-bond donors (Lipinski definition) is 0. The van der Waals surface area contributed by atoms with Crippen LogP contribution in [0.15, 0.2) is 66.0 Å². The molecule has 0 bridgehead atoms. The number of thiophene rings is 1. The summed E-state index contributed by atoms with van der Waals surface area (Å²) in [5, 5.41) is 2.50. The second kappa shape index (κ2) is 8.19. The van der Waals surface area contributed by atoms with E-state index in [0.717, 1.165) is 16.1 Å². The number of nitrogens with zero attached hydrogens (tertiary/aromatic N) is 1. The molecule has 0 atom stereocenters. The normalized spacial score (nSPS) is 10.5. The van der Waals surface area contributed by atoms with Crippen molar-refractivity contribution in [1.29, 1.82) is 0 Å². The summed E-state index contributed by atoms with van der Waals surface area (Å²) < 4.78 is 5.62. The van der Waals surface area contributed by atoms with Gasteiger partial charge in [0.1, 0.15) is 5.75 Å². The smallest absolute Gasteiger partial charge is 0.265 e. The Kier molecular flexibility index (Phi) is 5.74. The third kappa shape index (κ3) is 4.62. The van der Waals surface area contributed by atoms with E-state index in [1.807, 2.05) is 60.8 Å². The molecule has 0 fully saturated rings. The molecule has 3 aromatic rings. The lowest BCUT2D eigenvalue weighted by molar-refractivity contribution is -0.120. The average Bonchev–Trinajstić information content (AvgIpc) is 3.13. The molecule has 1 aromatic heterocycles. The third-order valence-corrected chi connectivity index (χ3v) is 4.90. The predicted molar refractivity (Wildman–Crippen MR) is 104 cm³/mol. The van der Waals surface area contributed by atoms with Crippen LogP contribution in [0.1, 0.15) is 10.4 Å². The quantitative estimate of drug-likeness (QED) is 0.586. The first-order valence-electron chi connectivity index (χ1n) is 7.90. The molecule has 0 spiro atoms. The second-order valence-electron chi connectivity index (χ2n) is 5.61. The Morgan fingerprint density at radius 1 is 1.08 bits per heavy atom. The van der Waals surface area contributed by atoms with Crippen molar-refractivity contribution in [3.63, 3.8) is 0 Å². The van der Waals surface area contributed by atoms with Crippen molar-refractivity contribution in [3.05, 3.63) is 81.5 Å². The van der Waals surface area contributed by atoms with Gasteiger partial charge in [0.15, 0.2) is 6.61 Å². The SMILES string of the molecule is Cc1ccc(N(Cc2cccs2)C(=O)COc2ccccc2Cl)cc1. The van der Waals surface area contributed by atoms with Crippen LogP contribution in [0.25, 0.3) is 0 Å². The van der Waals surface area contributed by atoms with Crippen molar-refractivity contribution in [2.75, 3.05) is 11.5 Å². The third-order valence-electron chi connectivity index (χ3n) is 3.73. The fourth-order valence-electron chi connectivity index (χ4n) is 2.39. The molecule has 0 aliphatic rings. The molecule has 3 rings (SSSR count). The minimum absolute atomic E-state index is 0.0665. The molecule has 0 saturated carbocycles. The van der Waals surface area contributed by atoms with E-state index < -0.39 is 0 Å². The first-order chi connectivity index (χ1) is 12.1. The summed E-state index contributed by atoms with van der Waals surface area (Å²) in [5.41, 5.74) is 2.01. The van der Waals surface area contributed by atoms with Gasteiger partial charge in [-0.1, -0.05) is 47.5 Å². The predicted octanol–water partition coefficient (Wildman–Crippen LogP) is 5.32. The van der Waals surface area contributed by atoms with E-state index in [0.29, 0.717) is 17.3 Å². The molecular weight excluding hydrogens is 354 g/mol. The number of anilines is 1. The molecule has 128 valence electrons. The maximum absolute atomic E-state index is 12.8. The molecule has 1 amide bonds. The Hall–Kier alpha value is -2.30. The molecule has 5 heteroatoms. The summed E-state index contributed by atoms with van der Waals surface area (Å²) in [7, 11) is 0. The molecule has 25 heavy (non-hydrogen) atoms. The molecule has 0 aliphatic heterocycles. The van der Waals surface area contributed by atoms with E-state index in [9.17, 15) is 4.79 Å². The van der Waals surface area contributed by atoms with Gasteiger partial charge in [-0.3, -0.25) is 4.79 Å². The first kappa shape index (κ1) is 17.5. The van der Waals surface area contributed by atoms with Gasteiger partial charge in [-0.05, 0) is 42.6 Å². The molecule has 0 saturated heterocycles. The summed E-state index contributed by atoms with van der Waals surface area (Å²) in [5.74, 6) is 0.398. The van der Waals surface area contributed by atoms with Gasteiger partial charge in [0, 0.05) is 10.6 Å². The molecule has 3 nitrogen and oxygen atoms in total. The number of ether oxygens (including phenoxy) is 1. The number of carbonyl (C=O) groups excluding carboxylic acids is 1. The first-order valence-corrected chi connectivity index (χ1v) is 9.16. The van der Waals surface area contributed by atoms with E-state index in [1.54, 1.807) is 28.4 Å². The van der Waals surface area contributed by atoms with Crippen LogP contribution in [0.4, 0.5) is 5.69 Å². The number of hydrogen-bond acceptors (Lipinski definition) is 3.